The highest BCUT2D eigenvalue weighted by Gasteiger charge is 2.27. The van der Waals surface area contributed by atoms with Crippen LogP contribution in [0.5, 0.6) is 0 Å². The van der Waals surface area contributed by atoms with E-state index in [4.69, 9.17) is 4.74 Å². The molecule has 0 fully saturated rings. The van der Waals surface area contributed by atoms with Gasteiger partial charge in [0.15, 0.2) is 0 Å². The highest BCUT2D eigenvalue weighted by molar-refractivity contribution is 5.71. The lowest BCUT2D eigenvalue weighted by molar-refractivity contribution is -0.143. The van der Waals surface area contributed by atoms with Gasteiger partial charge < -0.3 is 4.74 Å². The summed E-state index contributed by atoms with van der Waals surface area (Å²) in [6.45, 7) is 11.6. The van der Waals surface area contributed by atoms with Crippen molar-refractivity contribution in [3.05, 3.63) is 48.6 Å². The minimum Gasteiger partial charge on any atom is -0.468 e. The van der Waals surface area contributed by atoms with E-state index in [9.17, 15) is 4.79 Å². The van der Waals surface area contributed by atoms with E-state index in [2.05, 4.69) is 44.4 Å². The molecule has 0 aliphatic rings. The molecule has 0 aliphatic heterocycles. The smallest absolute Gasteiger partial charge is 0.319 e. The normalized spacial score (nSPS) is 15.1. The maximum Gasteiger partial charge on any atom is 0.319 e. The summed E-state index contributed by atoms with van der Waals surface area (Å²) >= 11 is 0. The van der Waals surface area contributed by atoms with Crippen molar-refractivity contribution < 1.29 is 9.53 Å². The maximum absolute atomic E-state index is 11.8. The Morgan fingerprint density at radius 3 is 2.45 bits per heavy atom. The van der Waals surface area contributed by atoms with E-state index in [-0.39, 0.29) is 5.97 Å². The van der Waals surface area contributed by atoms with Crippen LogP contribution in [0.25, 0.3) is 0 Å². The minimum absolute atomic E-state index is 0.187. The highest BCUT2D eigenvalue weighted by Crippen LogP contribution is 2.24. The zero-order valence-corrected chi connectivity index (χ0v) is 14.3. The second-order valence-electron chi connectivity index (χ2n) is 5.90. The number of benzene rings is 1. The molecular weight excluding hydrogens is 274 g/mol. The molecular formula is C19H29NO2. The molecule has 0 saturated carbocycles. The quantitative estimate of drug-likeness (QED) is 0.512. The molecule has 0 spiro atoms. The molecule has 3 nitrogen and oxygen atoms in total. The Labute approximate surface area is 135 Å². The number of hydrogen-bond acceptors (Lipinski definition) is 3. The van der Waals surface area contributed by atoms with Crippen LogP contribution in [0.2, 0.25) is 0 Å². The van der Waals surface area contributed by atoms with Gasteiger partial charge in [0.25, 0.3) is 0 Å². The van der Waals surface area contributed by atoms with Gasteiger partial charge in [0.2, 0.25) is 0 Å². The van der Waals surface area contributed by atoms with Crippen molar-refractivity contribution in [2.24, 2.45) is 11.8 Å². The fraction of sp³-hybridized carbons (Fsp3) is 0.526. The molecule has 1 rings (SSSR count). The van der Waals surface area contributed by atoms with Gasteiger partial charge in [0, 0.05) is 12.6 Å². The van der Waals surface area contributed by atoms with Crippen molar-refractivity contribution in [3.63, 3.8) is 0 Å². The number of nitrogens with zero attached hydrogens (tertiary/aromatic N) is 1. The van der Waals surface area contributed by atoms with Gasteiger partial charge in [0.05, 0.1) is 13.7 Å². The van der Waals surface area contributed by atoms with E-state index in [1.54, 1.807) is 0 Å². The molecule has 3 heteroatoms. The Balaban J connectivity index is 2.95. The first kappa shape index (κ1) is 18.4. The number of methoxy groups -OCH3 is 1. The Morgan fingerprint density at radius 2 is 1.95 bits per heavy atom. The molecule has 0 aliphatic carbocycles. The summed E-state index contributed by atoms with van der Waals surface area (Å²) in [6.07, 6.45) is 2.98. The summed E-state index contributed by atoms with van der Waals surface area (Å²) in [7, 11) is 1.44. The lowest BCUT2D eigenvalue weighted by Crippen LogP contribution is -2.43. The molecule has 0 bridgehead atoms. The number of rotatable bonds is 9. The monoisotopic (exact) mass is 303 g/mol. The average Bonchev–Trinajstić information content (AvgIpc) is 2.55. The molecule has 0 amide bonds. The van der Waals surface area contributed by atoms with Crippen LogP contribution in [0, 0.1) is 11.8 Å². The van der Waals surface area contributed by atoms with E-state index in [1.165, 1.54) is 12.7 Å². The van der Waals surface area contributed by atoms with Gasteiger partial charge in [-0.15, -0.1) is 6.58 Å². The van der Waals surface area contributed by atoms with Crippen LogP contribution in [0.4, 0.5) is 0 Å². The van der Waals surface area contributed by atoms with Crippen molar-refractivity contribution >= 4 is 5.97 Å². The van der Waals surface area contributed by atoms with E-state index in [0.29, 0.717) is 24.4 Å². The number of carbonyl (C=O) groups excluding carboxylic acids is 1. The standard InChI is InChI=1S/C19H29NO2/c1-6-15(3)16(4)18(7-2)20(14-19(21)22-5)13-17-11-9-8-10-12-17/h6,8-12,15-16,18H,1,7,13-14H2,2-5H3/t15-,16-,18-/m1/s1. The lowest BCUT2D eigenvalue weighted by atomic mass is 9.86. The third-order valence-corrected chi connectivity index (χ3v) is 4.48. The van der Waals surface area contributed by atoms with Gasteiger partial charge in [-0.3, -0.25) is 9.69 Å². The van der Waals surface area contributed by atoms with Crippen LogP contribution in [-0.2, 0) is 16.1 Å². The zero-order valence-electron chi connectivity index (χ0n) is 14.3. The molecule has 22 heavy (non-hydrogen) atoms. The number of allylic oxidation sites excluding steroid dienone is 1. The fourth-order valence-electron chi connectivity index (χ4n) is 2.87. The Hall–Kier alpha value is -1.61. The molecule has 0 unspecified atom stereocenters. The van der Waals surface area contributed by atoms with Crippen molar-refractivity contribution in [1.82, 2.24) is 4.90 Å². The number of esters is 1. The molecule has 0 saturated heterocycles. The summed E-state index contributed by atoms with van der Waals surface area (Å²) in [5.41, 5.74) is 1.21. The van der Waals surface area contributed by atoms with E-state index < -0.39 is 0 Å². The molecule has 122 valence electrons. The van der Waals surface area contributed by atoms with Crippen LogP contribution in [0.3, 0.4) is 0 Å². The minimum atomic E-state index is -0.187. The number of ether oxygens (including phenoxy) is 1. The summed E-state index contributed by atoms with van der Waals surface area (Å²) < 4.78 is 4.88. The SMILES string of the molecule is C=C[C@@H](C)[C@@H](C)[C@@H](CC)N(CC(=O)OC)Cc1ccccc1. The summed E-state index contributed by atoms with van der Waals surface area (Å²) in [5, 5.41) is 0. The van der Waals surface area contributed by atoms with Gasteiger partial charge in [0.1, 0.15) is 0 Å². The Morgan fingerprint density at radius 1 is 1.32 bits per heavy atom. The third-order valence-electron chi connectivity index (χ3n) is 4.48. The molecule has 1 aromatic rings. The van der Waals surface area contributed by atoms with Gasteiger partial charge >= 0.3 is 5.97 Å². The second kappa shape index (κ2) is 9.42. The van der Waals surface area contributed by atoms with Crippen LogP contribution in [-0.4, -0.2) is 30.6 Å². The van der Waals surface area contributed by atoms with Crippen molar-refractivity contribution in [1.29, 1.82) is 0 Å². The predicted molar refractivity (Wildman–Crippen MR) is 91.5 cm³/mol. The largest absolute Gasteiger partial charge is 0.468 e. The van der Waals surface area contributed by atoms with E-state index in [0.717, 1.165) is 13.0 Å². The summed E-state index contributed by atoms with van der Waals surface area (Å²) in [6, 6.07) is 10.6. The van der Waals surface area contributed by atoms with Gasteiger partial charge in [-0.05, 0) is 23.8 Å². The van der Waals surface area contributed by atoms with Gasteiger partial charge in [-0.1, -0.05) is 57.2 Å². The predicted octanol–water partition coefficient (Wildman–Crippen LogP) is 3.90. The molecule has 0 radical (unpaired) electrons. The molecule has 0 N–H and O–H groups in total. The number of carbonyl (C=O) groups is 1. The Kier molecular flexibility index (Phi) is 7.89. The third kappa shape index (κ3) is 5.30. The second-order valence-corrected chi connectivity index (χ2v) is 5.90. The summed E-state index contributed by atoms with van der Waals surface area (Å²) in [4.78, 5) is 14.0. The van der Waals surface area contributed by atoms with Crippen LogP contribution in [0.1, 0.15) is 32.8 Å². The Bertz CT molecular complexity index is 458. The van der Waals surface area contributed by atoms with E-state index >= 15 is 0 Å². The van der Waals surface area contributed by atoms with Gasteiger partial charge in [-0.25, -0.2) is 0 Å². The molecule has 0 aromatic heterocycles. The van der Waals surface area contributed by atoms with Crippen molar-refractivity contribution in [2.45, 2.75) is 39.8 Å². The zero-order chi connectivity index (χ0) is 16.5. The maximum atomic E-state index is 11.8. The lowest BCUT2D eigenvalue weighted by Gasteiger charge is -2.36. The van der Waals surface area contributed by atoms with Crippen molar-refractivity contribution in [2.75, 3.05) is 13.7 Å². The average molecular weight is 303 g/mol. The van der Waals surface area contributed by atoms with Crippen LogP contribution in [0.15, 0.2) is 43.0 Å². The van der Waals surface area contributed by atoms with Crippen molar-refractivity contribution in [3.8, 4) is 0 Å². The molecule has 0 heterocycles. The first-order valence-corrected chi connectivity index (χ1v) is 8.00. The first-order chi connectivity index (χ1) is 10.5. The van der Waals surface area contributed by atoms with Gasteiger partial charge in [-0.2, -0.15) is 0 Å². The van der Waals surface area contributed by atoms with Crippen LogP contribution >= 0.6 is 0 Å². The topological polar surface area (TPSA) is 29.5 Å². The highest BCUT2D eigenvalue weighted by atomic mass is 16.5. The molecule has 1 aromatic carbocycles. The number of hydrogen-bond donors (Lipinski definition) is 0. The van der Waals surface area contributed by atoms with Crippen LogP contribution < -0.4 is 0 Å². The first-order valence-electron chi connectivity index (χ1n) is 8.00. The van der Waals surface area contributed by atoms with E-state index in [1.807, 2.05) is 24.3 Å². The fourth-order valence-corrected chi connectivity index (χ4v) is 2.87. The summed E-state index contributed by atoms with van der Waals surface area (Å²) in [5.74, 6) is 0.643. The molecule has 3 atom stereocenters.